The molecule has 0 saturated heterocycles. The van der Waals surface area contributed by atoms with Crippen molar-refractivity contribution in [3.63, 3.8) is 0 Å². The normalized spacial score (nSPS) is 10.6. The summed E-state index contributed by atoms with van der Waals surface area (Å²) in [6.07, 6.45) is 4.50. The van der Waals surface area contributed by atoms with Crippen molar-refractivity contribution in [3.8, 4) is 17.8 Å². The van der Waals surface area contributed by atoms with E-state index in [2.05, 4.69) is 32.0 Å². The van der Waals surface area contributed by atoms with Crippen LogP contribution in [-0.2, 0) is 0 Å². The van der Waals surface area contributed by atoms with Crippen LogP contribution >= 0.6 is 0 Å². The molecule has 0 saturated carbocycles. The van der Waals surface area contributed by atoms with Crippen molar-refractivity contribution < 1.29 is 9.90 Å². The molecule has 34 heavy (non-hydrogen) atoms. The molecule has 2 aromatic heterocycles. The zero-order valence-corrected chi connectivity index (χ0v) is 17.7. The molecule has 5 rings (SSSR count). The number of carbonyl (C=O) groups excluding carboxylic acids is 1. The maximum atomic E-state index is 13.2. The van der Waals surface area contributed by atoms with Crippen molar-refractivity contribution in [3.05, 3.63) is 102 Å². The second-order valence-electron chi connectivity index (χ2n) is 7.29. The third-order valence-electron chi connectivity index (χ3n) is 5.24. The Labute approximate surface area is 193 Å². The van der Waals surface area contributed by atoms with Gasteiger partial charge < -0.3 is 5.11 Å². The van der Waals surface area contributed by atoms with E-state index in [0.717, 1.165) is 5.39 Å². The van der Waals surface area contributed by atoms with Crippen LogP contribution in [0.25, 0.3) is 16.7 Å². The van der Waals surface area contributed by atoms with Gasteiger partial charge in [-0.15, -0.1) is 0 Å². The van der Waals surface area contributed by atoms with Crippen molar-refractivity contribution in [2.75, 3.05) is 10.9 Å². The topological polar surface area (TPSA) is 129 Å². The Kier molecular flexibility index (Phi) is 5.30. The van der Waals surface area contributed by atoms with Crippen LogP contribution in [-0.4, -0.2) is 30.6 Å². The smallest absolute Gasteiger partial charge is 0.252 e. The van der Waals surface area contributed by atoms with Gasteiger partial charge in [0.2, 0.25) is 0 Å². The SMILES string of the molecule is N#Cc1cnn(-c2ncccn2)c1NNc1c(O)c(C(=O)c2ccccc2)cc2ccccc12. The van der Waals surface area contributed by atoms with Crippen LogP contribution in [0.5, 0.6) is 5.75 Å². The average Bonchev–Trinajstić information content (AvgIpc) is 3.31. The van der Waals surface area contributed by atoms with Gasteiger partial charge in [-0.1, -0.05) is 54.6 Å². The molecule has 164 valence electrons. The zero-order chi connectivity index (χ0) is 23.5. The molecule has 2 heterocycles. The number of phenolic OH excluding ortho intramolecular Hbond substituents is 1. The van der Waals surface area contributed by atoms with Crippen molar-refractivity contribution in [2.45, 2.75) is 0 Å². The molecular weight excluding hydrogens is 430 g/mol. The highest BCUT2D eigenvalue weighted by molar-refractivity contribution is 6.15. The summed E-state index contributed by atoms with van der Waals surface area (Å²) in [4.78, 5) is 21.5. The number of phenols is 1. The Morgan fingerprint density at radius 3 is 2.47 bits per heavy atom. The first-order chi connectivity index (χ1) is 16.7. The minimum absolute atomic E-state index is 0.148. The molecule has 0 unspecified atom stereocenters. The molecule has 0 radical (unpaired) electrons. The molecule has 0 atom stereocenters. The monoisotopic (exact) mass is 447 g/mol. The van der Waals surface area contributed by atoms with Gasteiger partial charge in [0.1, 0.15) is 17.3 Å². The fourth-order valence-electron chi connectivity index (χ4n) is 3.61. The number of ketones is 1. The molecular formula is C25H17N7O2. The maximum Gasteiger partial charge on any atom is 0.252 e. The van der Waals surface area contributed by atoms with Crippen LogP contribution in [0.2, 0.25) is 0 Å². The molecule has 0 bridgehead atoms. The molecule has 5 aromatic rings. The van der Waals surface area contributed by atoms with Crippen LogP contribution in [0.15, 0.2) is 85.3 Å². The second kappa shape index (κ2) is 8.72. The number of rotatable bonds is 6. The highest BCUT2D eigenvalue weighted by Gasteiger charge is 2.20. The third kappa shape index (κ3) is 3.65. The Bertz CT molecular complexity index is 1540. The van der Waals surface area contributed by atoms with E-state index in [1.807, 2.05) is 30.3 Å². The van der Waals surface area contributed by atoms with E-state index in [1.54, 1.807) is 48.8 Å². The number of benzene rings is 3. The summed E-state index contributed by atoms with van der Waals surface area (Å²) in [5, 5.41) is 26.3. The van der Waals surface area contributed by atoms with Gasteiger partial charge >= 0.3 is 0 Å². The number of anilines is 2. The molecule has 0 aliphatic heterocycles. The minimum atomic E-state index is -0.313. The number of aromatic nitrogens is 4. The number of fused-ring (bicyclic) bond motifs is 1. The van der Waals surface area contributed by atoms with Gasteiger partial charge in [0.05, 0.1) is 11.8 Å². The van der Waals surface area contributed by atoms with E-state index in [9.17, 15) is 15.2 Å². The van der Waals surface area contributed by atoms with Gasteiger partial charge in [-0.3, -0.25) is 15.6 Å². The van der Waals surface area contributed by atoms with E-state index >= 15 is 0 Å². The van der Waals surface area contributed by atoms with Crippen molar-refractivity contribution in [1.82, 2.24) is 19.7 Å². The fraction of sp³-hybridized carbons (Fsp3) is 0. The Balaban J connectivity index is 1.58. The Morgan fingerprint density at radius 2 is 1.71 bits per heavy atom. The van der Waals surface area contributed by atoms with Gasteiger partial charge in [0.15, 0.2) is 17.4 Å². The number of nitrogens with one attached hydrogen (secondary N) is 2. The number of hydrazine groups is 1. The Hall–Kier alpha value is -5.23. The van der Waals surface area contributed by atoms with E-state index in [4.69, 9.17) is 0 Å². The summed E-state index contributed by atoms with van der Waals surface area (Å²) < 4.78 is 1.36. The molecule has 9 heteroatoms. The molecule has 3 N–H and O–H groups in total. The van der Waals surface area contributed by atoms with Crippen LogP contribution in [0, 0.1) is 11.3 Å². The van der Waals surface area contributed by atoms with Crippen LogP contribution in [0.4, 0.5) is 11.5 Å². The Morgan fingerprint density at radius 1 is 0.971 bits per heavy atom. The quantitative estimate of drug-likeness (QED) is 0.202. The summed E-state index contributed by atoms with van der Waals surface area (Å²) in [5.74, 6) is 0.000266. The highest BCUT2D eigenvalue weighted by atomic mass is 16.3. The highest BCUT2D eigenvalue weighted by Crippen LogP contribution is 2.37. The number of hydrogen-bond donors (Lipinski definition) is 3. The molecule has 0 fully saturated rings. The summed E-state index contributed by atoms with van der Waals surface area (Å²) in [5.41, 5.74) is 7.03. The first kappa shape index (κ1) is 20.7. The lowest BCUT2D eigenvalue weighted by Gasteiger charge is -2.17. The van der Waals surface area contributed by atoms with E-state index in [-0.39, 0.29) is 40.1 Å². The van der Waals surface area contributed by atoms with Crippen molar-refractivity contribution >= 4 is 28.1 Å². The predicted molar refractivity (Wildman–Crippen MR) is 127 cm³/mol. The third-order valence-corrected chi connectivity index (χ3v) is 5.24. The maximum absolute atomic E-state index is 13.2. The molecule has 3 aromatic carbocycles. The first-order valence-electron chi connectivity index (χ1n) is 10.3. The van der Waals surface area contributed by atoms with E-state index < -0.39 is 0 Å². The second-order valence-corrected chi connectivity index (χ2v) is 7.29. The summed E-state index contributed by atoms with van der Waals surface area (Å²) in [6.45, 7) is 0. The number of nitrogens with zero attached hydrogens (tertiary/aromatic N) is 5. The lowest BCUT2D eigenvalue weighted by molar-refractivity contribution is 0.103. The number of carbonyl (C=O) groups is 1. The van der Waals surface area contributed by atoms with Gasteiger partial charge in [-0.05, 0) is 17.5 Å². The van der Waals surface area contributed by atoms with Crippen LogP contribution in [0.1, 0.15) is 21.5 Å². The standard InChI is InChI=1S/C25H17N7O2/c26-14-18-15-29-32(25-27-11-6-12-28-25)24(18)31-30-21-19-10-5-4-9-17(19)13-20(23(21)34)22(33)16-7-2-1-3-8-16/h1-13,15,30-31,34H. The van der Waals surface area contributed by atoms with Gasteiger partial charge in [0, 0.05) is 23.3 Å². The average molecular weight is 447 g/mol. The lowest BCUT2D eigenvalue weighted by atomic mass is 9.97. The van der Waals surface area contributed by atoms with Crippen LogP contribution in [0.3, 0.4) is 0 Å². The number of hydrogen-bond acceptors (Lipinski definition) is 8. The largest absolute Gasteiger partial charge is 0.505 e. The molecule has 9 nitrogen and oxygen atoms in total. The molecule has 0 amide bonds. The summed E-state index contributed by atoms with van der Waals surface area (Å²) >= 11 is 0. The summed E-state index contributed by atoms with van der Waals surface area (Å²) in [7, 11) is 0. The van der Waals surface area contributed by atoms with Gasteiger partial charge in [-0.2, -0.15) is 15.0 Å². The lowest BCUT2D eigenvalue weighted by Crippen LogP contribution is -2.16. The van der Waals surface area contributed by atoms with E-state index in [1.165, 1.54) is 10.9 Å². The molecule has 0 aliphatic rings. The van der Waals surface area contributed by atoms with Gasteiger partial charge in [-0.25, -0.2) is 9.97 Å². The molecule has 0 spiro atoms. The minimum Gasteiger partial charge on any atom is -0.505 e. The fourth-order valence-corrected chi connectivity index (χ4v) is 3.61. The summed E-state index contributed by atoms with van der Waals surface area (Å²) in [6, 6.07) is 21.5. The van der Waals surface area contributed by atoms with Crippen molar-refractivity contribution in [1.29, 1.82) is 5.26 Å². The molecule has 0 aliphatic carbocycles. The first-order valence-corrected chi connectivity index (χ1v) is 10.3. The zero-order valence-electron chi connectivity index (χ0n) is 17.7. The van der Waals surface area contributed by atoms with Crippen molar-refractivity contribution in [2.24, 2.45) is 0 Å². The van der Waals surface area contributed by atoms with Gasteiger partial charge in [0.25, 0.3) is 5.95 Å². The number of aromatic hydroxyl groups is 1. The van der Waals surface area contributed by atoms with Crippen LogP contribution < -0.4 is 10.9 Å². The number of nitriles is 1. The predicted octanol–water partition coefficient (Wildman–Crippen LogP) is 4.06. The van der Waals surface area contributed by atoms with E-state index in [0.29, 0.717) is 10.9 Å².